The molecule has 0 radical (unpaired) electrons. The zero-order chi connectivity index (χ0) is 20.4. The molecule has 3 amide bonds. The summed E-state index contributed by atoms with van der Waals surface area (Å²) in [6.45, 7) is -0.179. The van der Waals surface area contributed by atoms with Crippen LogP contribution < -0.4 is 15.0 Å². The lowest BCUT2D eigenvalue weighted by Gasteiger charge is -2.13. The Morgan fingerprint density at radius 1 is 0.897 bits per heavy atom. The number of carbonyl (C=O) groups excluding carboxylic acids is 3. The standard InChI is InChI=1S/C22H15BrN2O4/c23-14-6-9-17(10-7-14)29-13-20(26)24-15-8-11-18-19(12-15)22(28)25(21(18)27)16-4-2-1-3-5-16/h1-12H,13H2,(H,24,26). The summed E-state index contributed by atoms with van der Waals surface area (Å²) < 4.78 is 6.35. The number of benzene rings is 3. The lowest BCUT2D eigenvalue weighted by atomic mass is 10.1. The van der Waals surface area contributed by atoms with E-state index in [1.807, 2.05) is 18.2 Å². The maximum absolute atomic E-state index is 12.7. The molecule has 1 N–H and O–H groups in total. The molecule has 6 nitrogen and oxygen atoms in total. The fourth-order valence-electron chi connectivity index (χ4n) is 3.01. The summed E-state index contributed by atoms with van der Waals surface area (Å²) in [5, 5.41) is 2.69. The van der Waals surface area contributed by atoms with Gasteiger partial charge in [-0.25, -0.2) is 4.90 Å². The first-order valence-electron chi connectivity index (χ1n) is 8.79. The van der Waals surface area contributed by atoms with Gasteiger partial charge in [-0.15, -0.1) is 0 Å². The van der Waals surface area contributed by atoms with Crippen LogP contribution in [-0.4, -0.2) is 24.3 Å². The topological polar surface area (TPSA) is 75.7 Å². The van der Waals surface area contributed by atoms with Gasteiger partial charge < -0.3 is 10.1 Å². The molecule has 0 saturated heterocycles. The number of nitrogens with one attached hydrogen (secondary N) is 1. The van der Waals surface area contributed by atoms with Crippen LogP contribution in [0.4, 0.5) is 11.4 Å². The van der Waals surface area contributed by atoms with E-state index < -0.39 is 5.91 Å². The molecule has 0 aromatic heterocycles. The zero-order valence-electron chi connectivity index (χ0n) is 15.1. The predicted octanol–water partition coefficient (Wildman–Crippen LogP) is 4.27. The van der Waals surface area contributed by atoms with Gasteiger partial charge in [0.05, 0.1) is 16.8 Å². The fourth-order valence-corrected chi connectivity index (χ4v) is 3.27. The Kier molecular flexibility index (Phi) is 5.14. The van der Waals surface area contributed by atoms with Crippen molar-refractivity contribution in [1.82, 2.24) is 0 Å². The molecule has 4 rings (SSSR count). The van der Waals surface area contributed by atoms with Crippen molar-refractivity contribution in [2.75, 3.05) is 16.8 Å². The number of imide groups is 1. The SMILES string of the molecule is O=C(COc1ccc(Br)cc1)Nc1ccc2c(c1)C(=O)N(c1ccccc1)C2=O. The van der Waals surface area contributed by atoms with E-state index in [0.717, 1.165) is 9.37 Å². The number of fused-ring (bicyclic) bond motifs is 1. The summed E-state index contributed by atoms with van der Waals surface area (Å²) in [5.41, 5.74) is 1.49. The number of amides is 3. The Bertz CT molecular complexity index is 1100. The van der Waals surface area contributed by atoms with Crippen LogP contribution in [0.5, 0.6) is 5.75 Å². The summed E-state index contributed by atoms with van der Waals surface area (Å²) in [4.78, 5) is 38.7. The van der Waals surface area contributed by atoms with Crippen molar-refractivity contribution in [2.45, 2.75) is 0 Å². The molecule has 29 heavy (non-hydrogen) atoms. The third kappa shape index (κ3) is 3.90. The Morgan fingerprint density at radius 2 is 1.59 bits per heavy atom. The van der Waals surface area contributed by atoms with Gasteiger partial charge in [0.25, 0.3) is 17.7 Å². The summed E-state index contributed by atoms with van der Waals surface area (Å²) in [5.74, 6) is -0.604. The Labute approximate surface area is 175 Å². The minimum atomic E-state index is -0.418. The number of hydrogen-bond donors (Lipinski definition) is 1. The van der Waals surface area contributed by atoms with Gasteiger partial charge in [-0.3, -0.25) is 14.4 Å². The lowest BCUT2D eigenvalue weighted by molar-refractivity contribution is -0.118. The molecule has 3 aromatic rings. The van der Waals surface area contributed by atoms with Crippen molar-refractivity contribution in [3.63, 3.8) is 0 Å². The normalized spacial score (nSPS) is 12.7. The molecule has 144 valence electrons. The average molecular weight is 451 g/mol. The van der Waals surface area contributed by atoms with Gasteiger partial charge in [0.15, 0.2) is 6.61 Å². The van der Waals surface area contributed by atoms with E-state index in [0.29, 0.717) is 22.7 Å². The minimum absolute atomic E-state index is 0.179. The first-order chi connectivity index (χ1) is 14.0. The first kappa shape index (κ1) is 18.9. The summed E-state index contributed by atoms with van der Waals surface area (Å²) in [6, 6.07) is 20.5. The van der Waals surface area contributed by atoms with Crippen molar-refractivity contribution in [1.29, 1.82) is 0 Å². The van der Waals surface area contributed by atoms with Crippen LogP contribution in [0.2, 0.25) is 0 Å². The van der Waals surface area contributed by atoms with E-state index in [4.69, 9.17) is 4.74 Å². The lowest BCUT2D eigenvalue weighted by Crippen LogP contribution is -2.29. The fraction of sp³-hybridized carbons (Fsp3) is 0.0455. The van der Waals surface area contributed by atoms with Crippen molar-refractivity contribution in [3.8, 4) is 5.75 Å². The van der Waals surface area contributed by atoms with E-state index >= 15 is 0 Å². The molecule has 3 aromatic carbocycles. The predicted molar refractivity (Wildman–Crippen MR) is 112 cm³/mol. The van der Waals surface area contributed by atoms with Gasteiger partial charge in [-0.2, -0.15) is 0 Å². The smallest absolute Gasteiger partial charge is 0.266 e. The second kappa shape index (κ2) is 7.89. The van der Waals surface area contributed by atoms with Gasteiger partial charge in [-0.1, -0.05) is 34.1 Å². The van der Waals surface area contributed by atoms with Crippen LogP contribution in [0.3, 0.4) is 0 Å². The maximum atomic E-state index is 12.7. The number of para-hydroxylation sites is 1. The second-order valence-electron chi connectivity index (χ2n) is 6.33. The summed E-state index contributed by atoms with van der Waals surface area (Å²) >= 11 is 3.33. The molecular formula is C22H15BrN2O4. The van der Waals surface area contributed by atoms with E-state index in [9.17, 15) is 14.4 Å². The highest BCUT2D eigenvalue weighted by Gasteiger charge is 2.36. The van der Waals surface area contributed by atoms with Crippen LogP contribution in [-0.2, 0) is 4.79 Å². The van der Waals surface area contributed by atoms with Gasteiger partial charge in [0, 0.05) is 10.2 Å². The molecular weight excluding hydrogens is 436 g/mol. The zero-order valence-corrected chi connectivity index (χ0v) is 16.7. The van der Waals surface area contributed by atoms with Crippen LogP contribution >= 0.6 is 15.9 Å². The number of halogens is 1. The van der Waals surface area contributed by atoms with Gasteiger partial charge in [0.1, 0.15) is 5.75 Å². The van der Waals surface area contributed by atoms with Crippen molar-refractivity contribution in [2.24, 2.45) is 0 Å². The third-order valence-corrected chi connectivity index (χ3v) is 4.90. The van der Waals surface area contributed by atoms with Crippen molar-refractivity contribution >= 4 is 45.0 Å². The number of hydrogen-bond acceptors (Lipinski definition) is 4. The van der Waals surface area contributed by atoms with E-state index in [2.05, 4.69) is 21.2 Å². The Morgan fingerprint density at radius 3 is 2.31 bits per heavy atom. The number of rotatable bonds is 5. The van der Waals surface area contributed by atoms with Crippen LogP contribution in [0.1, 0.15) is 20.7 Å². The third-order valence-electron chi connectivity index (χ3n) is 4.37. The van der Waals surface area contributed by atoms with Crippen LogP contribution in [0.15, 0.2) is 77.3 Å². The summed E-state index contributed by atoms with van der Waals surface area (Å²) in [6.07, 6.45) is 0. The second-order valence-corrected chi connectivity index (χ2v) is 7.25. The van der Waals surface area contributed by atoms with Crippen LogP contribution in [0, 0.1) is 0 Å². The molecule has 0 unspecified atom stereocenters. The maximum Gasteiger partial charge on any atom is 0.266 e. The van der Waals surface area contributed by atoms with Crippen molar-refractivity contribution in [3.05, 3.63) is 88.4 Å². The highest BCUT2D eigenvalue weighted by Crippen LogP contribution is 2.30. The van der Waals surface area contributed by atoms with E-state index in [1.165, 1.54) is 6.07 Å². The largest absolute Gasteiger partial charge is 0.484 e. The molecule has 0 atom stereocenters. The highest BCUT2D eigenvalue weighted by molar-refractivity contribution is 9.10. The number of anilines is 2. The van der Waals surface area contributed by atoms with Crippen LogP contribution in [0.25, 0.3) is 0 Å². The number of nitrogens with zero attached hydrogens (tertiary/aromatic N) is 1. The molecule has 1 aliphatic rings. The number of ether oxygens (including phenoxy) is 1. The molecule has 1 heterocycles. The Balaban J connectivity index is 1.46. The minimum Gasteiger partial charge on any atom is -0.484 e. The van der Waals surface area contributed by atoms with Gasteiger partial charge in [0.2, 0.25) is 0 Å². The van der Waals surface area contributed by atoms with Crippen molar-refractivity contribution < 1.29 is 19.1 Å². The first-order valence-corrected chi connectivity index (χ1v) is 9.58. The van der Waals surface area contributed by atoms with E-state index in [1.54, 1.807) is 48.5 Å². The molecule has 0 bridgehead atoms. The molecule has 0 saturated carbocycles. The quantitative estimate of drug-likeness (QED) is 0.588. The average Bonchev–Trinajstić information content (AvgIpc) is 2.98. The summed E-state index contributed by atoms with van der Waals surface area (Å²) in [7, 11) is 0. The Hall–Kier alpha value is -3.45. The number of carbonyl (C=O) groups is 3. The highest BCUT2D eigenvalue weighted by atomic mass is 79.9. The van der Waals surface area contributed by atoms with E-state index in [-0.39, 0.29) is 24.0 Å². The molecule has 7 heteroatoms. The molecule has 0 fully saturated rings. The monoisotopic (exact) mass is 450 g/mol. The van der Waals surface area contributed by atoms with Gasteiger partial charge in [-0.05, 0) is 54.6 Å². The molecule has 0 spiro atoms. The molecule has 0 aliphatic carbocycles. The van der Waals surface area contributed by atoms with Gasteiger partial charge >= 0.3 is 0 Å². The molecule has 1 aliphatic heterocycles.